The van der Waals surface area contributed by atoms with Gasteiger partial charge in [0, 0.05) is 18.1 Å². The Bertz CT molecular complexity index is 721. The molecule has 1 fully saturated rings. The van der Waals surface area contributed by atoms with E-state index < -0.39 is 0 Å². The summed E-state index contributed by atoms with van der Waals surface area (Å²) in [4.78, 5) is 14.6. The highest BCUT2D eigenvalue weighted by Gasteiger charge is 2.19. The summed E-state index contributed by atoms with van der Waals surface area (Å²) in [6, 6.07) is 16.3. The highest BCUT2D eigenvalue weighted by atomic mass is 35.5. The minimum absolute atomic E-state index is 0.0781. The van der Waals surface area contributed by atoms with Crippen LogP contribution in [-0.2, 0) is 17.8 Å². The fraction of sp³-hybridized carbons (Fsp3) is 0.409. The van der Waals surface area contributed by atoms with E-state index in [2.05, 4.69) is 41.4 Å². The average molecular weight is 371 g/mol. The van der Waals surface area contributed by atoms with E-state index in [1.165, 1.54) is 11.1 Å². The lowest BCUT2D eigenvalue weighted by Crippen LogP contribution is -2.38. The minimum Gasteiger partial charge on any atom is -0.356 e. The highest BCUT2D eigenvalue weighted by Crippen LogP contribution is 2.19. The van der Waals surface area contributed by atoms with Crippen molar-refractivity contribution in [2.75, 3.05) is 19.6 Å². The quantitative estimate of drug-likeness (QED) is 0.825. The van der Waals surface area contributed by atoms with Crippen molar-refractivity contribution in [2.24, 2.45) is 5.92 Å². The van der Waals surface area contributed by atoms with Gasteiger partial charge in [-0.1, -0.05) is 53.6 Å². The molecule has 2 aromatic rings. The van der Waals surface area contributed by atoms with E-state index in [-0.39, 0.29) is 5.91 Å². The maximum Gasteiger partial charge on any atom is 0.224 e. The van der Waals surface area contributed by atoms with Crippen molar-refractivity contribution in [3.8, 4) is 0 Å². The van der Waals surface area contributed by atoms with Crippen molar-refractivity contribution in [2.45, 2.75) is 32.7 Å². The highest BCUT2D eigenvalue weighted by molar-refractivity contribution is 6.30. The van der Waals surface area contributed by atoms with Gasteiger partial charge in [-0.05, 0) is 62.0 Å². The SMILES string of the molecule is Cc1ccc(CN2CCC(CNC(=O)Cc3cccc(Cl)c3)CC2)cc1. The first-order valence-corrected chi connectivity index (χ1v) is 9.75. The van der Waals surface area contributed by atoms with E-state index in [9.17, 15) is 4.79 Å². The van der Waals surface area contributed by atoms with E-state index in [1.54, 1.807) is 0 Å². The lowest BCUT2D eigenvalue weighted by atomic mass is 9.96. The van der Waals surface area contributed by atoms with E-state index in [0.717, 1.165) is 44.6 Å². The molecule has 0 atom stereocenters. The molecule has 1 amide bonds. The summed E-state index contributed by atoms with van der Waals surface area (Å²) in [5.74, 6) is 0.655. The van der Waals surface area contributed by atoms with Gasteiger partial charge in [-0.2, -0.15) is 0 Å². The van der Waals surface area contributed by atoms with Crippen LogP contribution in [0.3, 0.4) is 0 Å². The van der Waals surface area contributed by atoms with Crippen LogP contribution in [0.15, 0.2) is 48.5 Å². The summed E-state index contributed by atoms with van der Waals surface area (Å²) in [5.41, 5.74) is 3.65. The summed E-state index contributed by atoms with van der Waals surface area (Å²) in [5, 5.41) is 3.77. The maximum absolute atomic E-state index is 12.1. The number of hydrogen-bond acceptors (Lipinski definition) is 2. The van der Waals surface area contributed by atoms with Crippen molar-refractivity contribution < 1.29 is 4.79 Å². The number of carbonyl (C=O) groups is 1. The van der Waals surface area contributed by atoms with Gasteiger partial charge in [0.25, 0.3) is 0 Å². The number of nitrogens with zero attached hydrogens (tertiary/aromatic N) is 1. The Morgan fingerprint density at radius 3 is 2.54 bits per heavy atom. The van der Waals surface area contributed by atoms with E-state index in [1.807, 2.05) is 24.3 Å². The van der Waals surface area contributed by atoms with Crippen LogP contribution in [-0.4, -0.2) is 30.4 Å². The summed E-state index contributed by atoms with van der Waals surface area (Å²) in [6.07, 6.45) is 2.68. The second kappa shape index (κ2) is 9.20. The number of halogens is 1. The molecular weight excluding hydrogens is 344 g/mol. The Morgan fingerprint density at radius 2 is 1.85 bits per heavy atom. The van der Waals surface area contributed by atoms with E-state index in [4.69, 9.17) is 11.6 Å². The van der Waals surface area contributed by atoms with E-state index in [0.29, 0.717) is 17.4 Å². The molecule has 0 saturated carbocycles. The zero-order chi connectivity index (χ0) is 18.4. The molecule has 3 rings (SSSR count). The molecule has 1 aliphatic rings. The van der Waals surface area contributed by atoms with Crippen molar-refractivity contribution >= 4 is 17.5 Å². The molecule has 1 aliphatic heterocycles. The Labute approximate surface area is 161 Å². The van der Waals surface area contributed by atoms with Gasteiger partial charge in [0.15, 0.2) is 0 Å². The predicted molar refractivity (Wildman–Crippen MR) is 107 cm³/mol. The van der Waals surface area contributed by atoms with Gasteiger partial charge in [0.05, 0.1) is 6.42 Å². The van der Waals surface area contributed by atoms with Crippen molar-refractivity contribution in [3.05, 3.63) is 70.2 Å². The molecule has 0 bridgehead atoms. The number of piperidine rings is 1. The molecule has 0 unspecified atom stereocenters. The summed E-state index contributed by atoms with van der Waals surface area (Å²) < 4.78 is 0. The molecule has 1 N–H and O–H groups in total. The molecule has 0 aromatic heterocycles. The first kappa shape index (κ1) is 18.9. The van der Waals surface area contributed by atoms with Gasteiger partial charge in [-0.3, -0.25) is 9.69 Å². The van der Waals surface area contributed by atoms with Crippen LogP contribution in [0.4, 0.5) is 0 Å². The largest absolute Gasteiger partial charge is 0.356 e. The second-order valence-electron chi connectivity index (χ2n) is 7.32. The number of rotatable bonds is 6. The third kappa shape index (κ3) is 5.86. The zero-order valence-electron chi connectivity index (χ0n) is 15.4. The number of aryl methyl sites for hydroxylation is 1. The molecule has 2 aromatic carbocycles. The summed E-state index contributed by atoms with van der Waals surface area (Å²) in [7, 11) is 0. The Morgan fingerprint density at radius 1 is 1.12 bits per heavy atom. The predicted octanol–water partition coefficient (Wildman–Crippen LogP) is 4.22. The standard InChI is InChI=1S/C22H27ClN2O/c1-17-5-7-19(8-6-17)16-25-11-9-18(10-12-25)15-24-22(26)14-20-3-2-4-21(23)13-20/h2-8,13,18H,9-12,14-16H2,1H3,(H,24,26). The summed E-state index contributed by atoms with van der Waals surface area (Å²) >= 11 is 5.97. The number of hydrogen-bond donors (Lipinski definition) is 1. The number of benzene rings is 2. The van der Waals surface area contributed by atoms with Crippen LogP contribution < -0.4 is 5.32 Å². The minimum atomic E-state index is 0.0781. The van der Waals surface area contributed by atoms with Crippen LogP contribution in [0.25, 0.3) is 0 Å². The monoisotopic (exact) mass is 370 g/mol. The second-order valence-corrected chi connectivity index (χ2v) is 7.75. The van der Waals surface area contributed by atoms with Gasteiger partial charge in [0.2, 0.25) is 5.91 Å². The maximum atomic E-state index is 12.1. The molecule has 26 heavy (non-hydrogen) atoms. The molecule has 3 nitrogen and oxygen atoms in total. The molecule has 0 radical (unpaired) electrons. The Hall–Kier alpha value is -1.84. The van der Waals surface area contributed by atoms with Crippen LogP contribution in [0.2, 0.25) is 5.02 Å². The van der Waals surface area contributed by atoms with Gasteiger partial charge in [-0.25, -0.2) is 0 Å². The smallest absolute Gasteiger partial charge is 0.224 e. The van der Waals surface area contributed by atoms with Crippen molar-refractivity contribution in [1.82, 2.24) is 10.2 Å². The Kier molecular flexibility index (Phi) is 6.70. The first-order valence-electron chi connectivity index (χ1n) is 9.37. The van der Waals surface area contributed by atoms with Gasteiger partial charge in [0.1, 0.15) is 0 Å². The van der Waals surface area contributed by atoms with Crippen molar-refractivity contribution in [3.63, 3.8) is 0 Å². The zero-order valence-corrected chi connectivity index (χ0v) is 16.1. The topological polar surface area (TPSA) is 32.3 Å². The Balaban J connectivity index is 1.37. The van der Waals surface area contributed by atoms with E-state index >= 15 is 0 Å². The number of likely N-dealkylation sites (tertiary alicyclic amines) is 1. The fourth-order valence-electron chi connectivity index (χ4n) is 3.45. The number of carbonyl (C=O) groups excluding carboxylic acids is 1. The average Bonchev–Trinajstić information content (AvgIpc) is 2.63. The lowest BCUT2D eigenvalue weighted by Gasteiger charge is -2.32. The van der Waals surface area contributed by atoms with Gasteiger partial charge >= 0.3 is 0 Å². The van der Waals surface area contributed by atoms with Crippen molar-refractivity contribution in [1.29, 1.82) is 0 Å². The number of amides is 1. The number of nitrogens with one attached hydrogen (secondary N) is 1. The molecule has 1 heterocycles. The summed E-state index contributed by atoms with van der Waals surface area (Å²) in [6.45, 7) is 6.12. The lowest BCUT2D eigenvalue weighted by molar-refractivity contribution is -0.120. The molecule has 0 spiro atoms. The van der Waals surface area contributed by atoms with Crippen LogP contribution >= 0.6 is 11.6 Å². The van der Waals surface area contributed by atoms with Crippen LogP contribution in [0.5, 0.6) is 0 Å². The normalized spacial score (nSPS) is 15.8. The van der Waals surface area contributed by atoms with Crippen LogP contribution in [0, 0.1) is 12.8 Å². The third-order valence-corrected chi connectivity index (χ3v) is 5.31. The van der Waals surface area contributed by atoms with Gasteiger partial charge < -0.3 is 5.32 Å². The molecular formula is C22H27ClN2O. The molecule has 0 aliphatic carbocycles. The molecule has 4 heteroatoms. The first-order chi connectivity index (χ1) is 12.6. The van der Waals surface area contributed by atoms with Crippen LogP contribution in [0.1, 0.15) is 29.5 Å². The van der Waals surface area contributed by atoms with Gasteiger partial charge in [-0.15, -0.1) is 0 Å². The third-order valence-electron chi connectivity index (χ3n) is 5.08. The fourth-order valence-corrected chi connectivity index (χ4v) is 3.67. The molecule has 138 valence electrons. The molecule has 1 saturated heterocycles.